The maximum atomic E-state index is 5.70. The first-order valence-electron chi connectivity index (χ1n) is 4.71. The second-order valence-corrected chi connectivity index (χ2v) is 3.30. The predicted octanol–water partition coefficient (Wildman–Crippen LogP) is 0.768. The molecule has 0 atom stereocenters. The number of nitrogens with two attached hydrogens (primary N) is 1. The fourth-order valence-corrected chi connectivity index (χ4v) is 1.56. The van der Waals surface area contributed by atoms with E-state index in [0.717, 1.165) is 11.1 Å². The Bertz CT molecular complexity index is 630. The van der Waals surface area contributed by atoms with Gasteiger partial charge in [-0.2, -0.15) is 0 Å². The molecule has 0 aliphatic rings. The zero-order valence-electron chi connectivity index (χ0n) is 8.28. The molecule has 0 aliphatic carbocycles. The van der Waals surface area contributed by atoms with Crippen LogP contribution in [0.4, 0.5) is 5.95 Å². The Morgan fingerprint density at radius 1 is 1.25 bits per heavy atom. The van der Waals surface area contributed by atoms with Gasteiger partial charge in [-0.1, -0.05) is 6.07 Å². The van der Waals surface area contributed by atoms with Gasteiger partial charge in [-0.3, -0.25) is 9.38 Å². The summed E-state index contributed by atoms with van der Waals surface area (Å²) in [5.41, 5.74) is 8.18. The number of nitrogen functional groups attached to an aromatic ring is 1. The molecular formula is C10H8N6. The molecule has 0 saturated carbocycles. The van der Waals surface area contributed by atoms with Crippen molar-refractivity contribution in [1.29, 1.82) is 0 Å². The number of hydrogen-bond acceptors (Lipinski definition) is 5. The quantitative estimate of drug-likeness (QED) is 0.644. The van der Waals surface area contributed by atoms with E-state index in [1.807, 2.05) is 12.1 Å². The van der Waals surface area contributed by atoms with E-state index >= 15 is 0 Å². The first-order valence-corrected chi connectivity index (χ1v) is 4.71. The number of hydrogen-bond donors (Lipinski definition) is 1. The van der Waals surface area contributed by atoms with Gasteiger partial charge >= 0.3 is 0 Å². The lowest BCUT2D eigenvalue weighted by Gasteiger charge is -2.03. The van der Waals surface area contributed by atoms with Crippen LogP contribution < -0.4 is 5.73 Å². The topological polar surface area (TPSA) is 82.0 Å². The molecule has 3 heterocycles. The van der Waals surface area contributed by atoms with Crippen molar-refractivity contribution < 1.29 is 0 Å². The van der Waals surface area contributed by atoms with Crippen molar-refractivity contribution in [3.05, 3.63) is 37.1 Å². The molecule has 0 unspecified atom stereocenters. The van der Waals surface area contributed by atoms with Crippen LogP contribution in [0.25, 0.3) is 16.8 Å². The zero-order chi connectivity index (χ0) is 11.0. The van der Waals surface area contributed by atoms with E-state index in [0.29, 0.717) is 11.6 Å². The van der Waals surface area contributed by atoms with Crippen LogP contribution in [0.1, 0.15) is 0 Å². The molecule has 0 saturated heterocycles. The Kier molecular flexibility index (Phi) is 1.79. The molecule has 0 radical (unpaired) electrons. The van der Waals surface area contributed by atoms with Gasteiger partial charge in [0.2, 0.25) is 5.95 Å². The monoisotopic (exact) mass is 212 g/mol. The number of fused-ring (bicyclic) bond motifs is 1. The maximum Gasteiger partial charge on any atom is 0.207 e. The standard InChI is InChI=1S/C10H8N6/c11-10-13-5-8(7-2-1-3-12-4-7)9-15-14-6-16(9)10/h1-6H,(H2,11,13). The van der Waals surface area contributed by atoms with Crippen LogP contribution in [0.15, 0.2) is 37.1 Å². The van der Waals surface area contributed by atoms with E-state index in [2.05, 4.69) is 20.2 Å². The minimum Gasteiger partial charge on any atom is -0.369 e. The zero-order valence-corrected chi connectivity index (χ0v) is 8.28. The smallest absolute Gasteiger partial charge is 0.207 e. The molecule has 0 aliphatic heterocycles. The Balaban J connectivity index is 2.33. The maximum absolute atomic E-state index is 5.70. The number of aromatic nitrogens is 5. The van der Waals surface area contributed by atoms with Gasteiger partial charge in [0.1, 0.15) is 6.33 Å². The fourth-order valence-electron chi connectivity index (χ4n) is 1.56. The van der Waals surface area contributed by atoms with Crippen molar-refractivity contribution in [3.63, 3.8) is 0 Å². The molecule has 0 bridgehead atoms. The molecule has 6 nitrogen and oxygen atoms in total. The van der Waals surface area contributed by atoms with Gasteiger partial charge in [-0.15, -0.1) is 10.2 Å². The highest BCUT2D eigenvalue weighted by Crippen LogP contribution is 2.22. The summed E-state index contributed by atoms with van der Waals surface area (Å²) in [6.07, 6.45) is 6.69. The number of pyridine rings is 1. The van der Waals surface area contributed by atoms with Gasteiger partial charge in [0.15, 0.2) is 5.65 Å². The van der Waals surface area contributed by atoms with Gasteiger partial charge < -0.3 is 5.73 Å². The van der Waals surface area contributed by atoms with Gasteiger partial charge in [0.25, 0.3) is 0 Å². The highest BCUT2D eigenvalue weighted by Gasteiger charge is 2.08. The van der Waals surface area contributed by atoms with Crippen molar-refractivity contribution in [2.75, 3.05) is 5.73 Å². The molecule has 3 rings (SSSR count). The summed E-state index contributed by atoms with van der Waals surface area (Å²) in [6, 6.07) is 3.80. The van der Waals surface area contributed by atoms with E-state index in [4.69, 9.17) is 5.73 Å². The Morgan fingerprint density at radius 2 is 2.19 bits per heavy atom. The Hall–Kier alpha value is -2.50. The Morgan fingerprint density at radius 3 is 3.00 bits per heavy atom. The summed E-state index contributed by atoms with van der Waals surface area (Å²) in [5.74, 6) is 0.368. The molecule has 2 N–H and O–H groups in total. The highest BCUT2D eigenvalue weighted by atomic mass is 15.3. The van der Waals surface area contributed by atoms with E-state index in [1.54, 1.807) is 23.0 Å². The molecule has 0 aromatic carbocycles. The second-order valence-electron chi connectivity index (χ2n) is 3.30. The normalized spacial score (nSPS) is 10.8. The average Bonchev–Trinajstić information content (AvgIpc) is 2.81. The molecular weight excluding hydrogens is 204 g/mol. The fraction of sp³-hybridized carbons (Fsp3) is 0. The summed E-state index contributed by atoms with van der Waals surface area (Å²) < 4.78 is 1.64. The molecule has 0 fully saturated rings. The third kappa shape index (κ3) is 1.20. The number of anilines is 1. The predicted molar refractivity (Wildman–Crippen MR) is 58.4 cm³/mol. The van der Waals surface area contributed by atoms with E-state index in [9.17, 15) is 0 Å². The van der Waals surface area contributed by atoms with Gasteiger partial charge in [-0.25, -0.2) is 4.98 Å². The van der Waals surface area contributed by atoms with Gasteiger partial charge in [0.05, 0.1) is 0 Å². The molecule has 0 amide bonds. The Labute approximate surface area is 90.8 Å². The SMILES string of the molecule is Nc1ncc(-c2cccnc2)c2nncn12. The second kappa shape index (κ2) is 3.27. The van der Waals surface area contributed by atoms with Crippen LogP contribution in [-0.4, -0.2) is 24.6 Å². The van der Waals surface area contributed by atoms with Gasteiger partial charge in [-0.05, 0) is 6.07 Å². The third-order valence-corrected chi connectivity index (χ3v) is 2.33. The summed E-state index contributed by atoms with van der Waals surface area (Å²) in [4.78, 5) is 8.15. The van der Waals surface area contributed by atoms with Crippen LogP contribution in [0, 0.1) is 0 Å². The molecule has 78 valence electrons. The van der Waals surface area contributed by atoms with Crippen LogP contribution in [0.2, 0.25) is 0 Å². The van der Waals surface area contributed by atoms with Gasteiger partial charge in [0, 0.05) is 29.7 Å². The van der Waals surface area contributed by atoms with Crippen molar-refractivity contribution in [1.82, 2.24) is 24.6 Å². The van der Waals surface area contributed by atoms with E-state index in [-0.39, 0.29) is 0 Å². The average molecular weight is 212 g/mol. The van der Waals surface area contributed by atoms with Crippen molar-refractivity contribution in [3.8, 4) is 11.1 Å². The van der Waals surface area contributed by atoms with E-state index in [1.165, 1.54) is 6.33 Å². The minimum atomic E-state index is 0.368. The highest BCUT2D eigenvalue weighted by molar-refractivity contribution is 5.76. The molecule has 3 aromatic heterocycles. The number of nitrogens with zero attached hydrogens (tertiary/aromatic N) is 5. The summed E-state index contributed by atoms with van der Waals surface area (Å²) in [7, 11) is 0. The lowest BCUT2D eigenvalue weighted by Crippen LogP contribution is -2.00. The molecule has 16 heavy (non-hydrogen) atoms. The van der Waals surface area contributed by atoms with Crippen molar-refractivity contribution in [2.24, 2.45) is 0 Å². The summed E-state index contributed by atoms with van der Waals surface area (Å²) >= 11 is 0. The lowest BCUT2D eigenvalue weighted by molar-refractivity contribution is 1.08. The molecule has 3 aromatic rings. The summed E-state index contributed by atoms with van der Waals surface area (Å²) in [5, 5.41) is 7.84. The summed E-state index contributed by atoms with van der Waals surface area (Å²) in [6.45, 7) is 0. The van der Waals surface area contributed by atoms with Crippen LogP contribution >= 0.6 is 0 Å². The first-order chi connectivity index (χ1) is 7.86. The molecule has 0 spiro atoms. The van der Waals surface area contributed by atoms with Crippen molar-refractivity contribution >= 4 is 11.6 Å². The largest absolute Gasteiger partial charge is 0.369 e. The minimum absolute atomic E-state index is 0.368. The lowest BCUT2D eigenvalue weighted by atomic mass is 10.1. The van der Waals surface area contributed by atoms with E-state index < -0.39 is 0 Å². The van der Waals surface area contributed by atoms with Crippen LogP contribution in [-0.2, 0) is 0 Å². The van der Waals surface area contributed by atoms with Crippen LogP contribution in [0.3, 0.4) is 0 Å². The van der Waals surface area contributed by atoms with Crippen LogP contribution in [0.5, 0.6) is 0 Å². The van der Waals surface area contributed by atoms with Crippen molar-refractivity contribution in [2.45, 2.75) is 0 Å². The molecule has 6 heteroatoms. The third-order valence-electron chi connectivity index (χ3n) is 2.33. The number of rotatable bonds is 1. The first kappa shape index (κ1) is 8.78.